The Balaban J connectivity index is 2.35. The molecule has 0 aromatic heterocycles. The highest BCUT2D eigenvalue weighted by atomic mass is 16.5. The van der Waals surface area contributed by atoms with Crippen LogP contribution in [0.4, 0.5) is 0 Å². The molecule has 0 radical (unpaired) electrons. The van der Waals surface area contributed by atoms with Gasteiger partial charge in [-0.1, -0.05) is 13.8 Å². The van der Waals surface area contributed by atoms with E-state index in [2.05, 4.69) is 32.6 Å². The molecule has 0 saturated carbocycles. The summed E-state index contributed by atoms with van der Waals surface area (Å²) >= 11 is 0. The van der Waals surface area contributed by atoms with Crippen LogP contribution in [0.1, 0.15) is 40.5 Å². The molecule has 0 aromatic carbocycles. The highest BCUT2D eigenvalue weighted by molar-refractivity contribution is 4.83. The number of nitrogens with zero attached hydrogens (tertiary/aromatic N) is 1. The van der Waals surface area contributed by atoms with Gasteiger partial charge in [0.15, 0.2) is 0 Å². The molecule has 1 N–H and O–H groups in total. The normalized spacial score (nSPS) is 26.2. The van der Waals surface area contributed by atoms with Crippen LogP contribution < -0.4 is 0 Å². The average Bonchev–Trinajstić information content (AvgIpc) is 2.14. The van der Waals surface area contributed by atoms with Crippen LogP contribution in [-0.2, 0) is 4.74 Å². The van der Waals surface area contributed by atoms with Gasteiger partial charge in [0.25, 0.3) is 0 Å². The number of hydrogen-bond acceptors (Lipinski definition) is 3. The molecule has 0 aliphatic carbocycles. The van der Waals surface area contributed by atoms with Gasteiger partial charge in [-0.25, -0.2) is 0 Å². The molecule has 16 heavy (non-hydrogen) atoms. The maximum absolute atomic E-state index is 9.20. The van der Waals surface area contributed by atoms with E-state index in [9.17, 15) is 5.11 Å². The first kappa shape index (κ1) is 13.9. The van der Waals surface area contributed by atoms with E-state index in [4.69, 9.17) is 4.74 Å². The predicted molar refractivity (Wildman–Crippen MR) is 66.5 cm³/mol. The van der Waals surface area contributed by atoms with Gasteiger partial charge in [-0.05, 0) is 39.2 Å². The van der Waals surface area contributed by atoms with Crippen molar-refractivity contribution in [2.24, 2.45) is 5.92 Å². The molecule has 1 saturated heterocycles. The topological polar surface area (TPSA) is 32.7 Å². The Morgan fingerprint density at radius 3 is 2.69 bits per heavy atom. The molecule has 1 atom stereocenters. The minimum absolute atomic E-state index is 0.0113. The summed E-state index contributed by atoms with van der Waals surface area (Å²) < 4.78 is 5.79. The highest BCUT2D eigenvalue weighted by Crippen LogP contribution is 2.21. The lowest BCUT2D eigenvalue weighted by molar-refractivity contribution is -0.148. The van der Waals surface area contributed by atoms with Crippen molar-refractivity contribution in [1.29, 1.82) is 0 Å². The van der Waals surface area contributed by atoms with Crippen LogP contribution in [-0.4, -0.2) is 48.0 Å². The van der Waals surface area contributed by atoms with E-state index in [0.717, 1.165) is 25.6 Å². The Morgan fingerprint density at radius 2 is 2.12 bits per heavy atom. The lowest BCUT2D eigenvalue weighted by Crippen LogP contribution is -2.53. The molecule has 0 spiro atoms. The zero-order chi connectivity index (χ0) is 12.2. The van der Waals surface area contributed by atoms with Crippen molar-refractivity contribution >= 4 is 0 Å². The molecular formula is C13H27NO2. The summed E-state index contributed by atoms with van der Waals surface area (Å²) in [5.74, 6) is 0.780. The van der Waals surface area contributed by atoms with Gasteiger partial charge in [-0.3, -0.25) is 4.90 Å². The number of hydrogen-bond donors (Lipinski definition) is 1. The Hall–Kier alpha value is -0.120. The van der Waals surface area contributed by atoms with Crippen molar-refractivity contribution < 1.29 is 9.84 Å². The average molecular weight is 229 g/mol. The minimum atomic E-state index is -0.122. The third-order valence-corrected chi connectivity index (χ3v) is 3.01. The van der Waals surface area contributed by atoms with Crippen LogP contribution in [0.2, 0.25) is 0 Å². The molecule has 0 amide bonds. The van der Waals surface area contributed by atoms with Crippen LogP contribution in [0.25, 0.3) is 0 Å². The Kier molecular flexibility index (Phi) is 5.22. The fourth-order valence-corrected chi connectivity index (χ4v) is 2.41. The molecule has 1 aliphatic rings. The number of ether oxygens (including phenoxy) is 1. The monoisotopic (exact) mass is 229 g/mol. The van der Waals surface area contributed by atoms with Gasteiger partial charge in [-0.15, -0.1) is 0 Å². The lowest BCUT2D eigenvalue weighted by Gasteiger charge is -2.42. The van der Waals surface area contributed by atoms with Gasteiger partial charge in [0.1, 0.15) is 0 Å². The van der Waals surface area contributed by atoms with Crippen molar-refractivity contribution in [1.82, 2.24) is 4.90 Å². The minimum Gasteiger partial charge on any atom is -0.394 e. The molecule has 1 unspecified atom stereocenters. The SMILES string of the molecule is CC(C)CCCN1CC(CO)OC(C)(C)C1. The van der Waals surface area contributed by atoms with E-state index in [-0.39, 0.29) is 18.3 Å². The van der Waals surface area contributed by atoms with Gasteiger partial charge in [0.05, 0.1) is 18.3 Å². The zero-order valence-electron chi connectivity index (χ0n) is 11.2. The van der Waals surface area contributed by atoms with E-state index < -0.39 is 0 Å². The molecule has 96 valence electrons. The van der Waals surface area contributed by atoms with Crippen LogP contribution in [0.15, 0.2) is 0 Å². The summed E-state index contributed by atoms with van der Waals surface area (Å²) in [4.78, 5) is 2.42. The number of aliphatic hydroxyl groups excluding tert-OH is 1. The maximum Gasteiger partial charge on any atom is 0.0940 e. The summed E-state index contributed by atoms with van der Waals surface area (Å²) in [5, 5.41) is 9.20. The van der Waals surface area contributed by atoms with Gasteiger partial charge < -0.3 is 9.84 Å². The number of morpholine rings is 1. The molecule has 0 bridgehead atoms. The summed E-state index contributed by atoms with van der Waals surface area (Å²) in [5.41, 5.74) is -0.122. The molecule has 0 aromatic rings. The van der Waals surface area contributed by atoms with E-state index in [1.165, 1.54) is 12.8 Å². The third kappa shape index (κ3) is 4.81. The van der Waals surface area contributed by atoms with E-state index in [1.807, 2.05) is 0 Å². The van der Waals surface area contributed by atoms with Gasteiger partial charge >= 0.3 is 0 Å². The van der Waals surface area contributed by atoms with E-state index >= 15 is 0 Å². The van der Waals surface area contributed by atoms with Gasteiger partial charge in [0.2, 0.25) is 0 Å². The molecule has 3 heteroatoms. The van der Waals surface area contributed by atoms with Crippen molar-refractivity contribution in [2.45, 2.75) is 52.2 Å². The summed E-state index contributed by atoms with van der Waals surface area (Å²) in [6.07, 6.45) is 2.51. The number of rotatable bonds is 5. The smallest absolute Gasteiger partial charge is 0.0940 e. The number of aliphatic hydroxyl groups is 1. The first-order chi connectivity index (χ1) is 7.43. The van der Waals surface area contributed by atoms with Crippen LogP contribution in [0, 0.1) is 5.92 Å². The second-order valence-corrected chi connectivity index (χ2v) is 5.95. The fourth-order valence-electron chi connectivity index (χ4n) is 2.41. The van der Waals surface area contributed by atoms with Crippen molar-refractivity contribution in [3.63, 3.8) is 0 Å². The Labute approximate surface area is 99.8 Å². The van der Waals surface area contributed by atoms with Crippen molar-refractivity contribution in [2.75, 3.05) is 26.2 Å². The summed E-state index contributed by atoms with van der Waals surface area (Å²) in [6, 6.07) is 0. The fraction of sp³-hybridized carbons (Fsp3) is 1.00. The van der Waals surface area contributed by atoms with Crippen molar-refractivity contribution in [3.8, 4) is 0 Å². The quantitative estimate of drug-likeness (QED) is 0.781. The summed E-state index contributed by atoms with van der Waals surface area (Å²) in [7, 11) is 0. The third-order valence-electron chi connectivity index (χ3n) is 3.01. The Bertz CT molecular complexity index is 204. The first-order valence-corrected chi connectivity index (χ1v) is 6.44. The zero-order valence-corrected chi connectivity index (χ0v) is 11.2. The molecule has 1 heterocycles. The van der Waals surface area contributed by atoms with Gasteiger partial charge in [-0.2, -0.15) is 0 Å². The standard InChI is InChI=1S/C13H27NO2/c1-11(2)6-5-7-14-8-12(9-15)16-13(3,4)10-14/h11-12,15H,5-10H2,1-4H3. The van der Waals surface area contributed by atoms with Gasteiger partial charge in [0, 0.05) is 13.1 Å². The van der Waals surface area contributed by atoms with E-state index in [1.54, 1.807) is 0 Å². The second-order valence-electron chi connectivity index (χ2n) is 5.95. The Morgan fingerprint density at radius 1 is 1.44 bits per heavy atom. The van der Waals surface area contributed by atoms with Crippen molar-refractivity contribution in [3.05, 3.63) is 0 Å². The molecule has 1 aliphatic heterocycles. The molecule has 3 nitrogen and oxygen atoms in total. The van der Waals surface area contributed by atoms with E-state index in [0.29, 0.717) is 0 Å². The van der Waals surface area contributed by atoms with Crippen LogP contribution >= 0.6 is 0 Å². The molecule has 1 fully saturated rings. The van der Waals surface area contributed by atoms with Crippen LogP contribution in [0.3, 0.4) is 0 Å². The predicted octanol–water partition coefficient (Wildman–Crippen LogP) is 1.89. The molecular weight excluding hydrogens is 202 g/mol. The maximum atomic E-state index is 9.20. The largest absolute Gasteiger partial charge is 0.394 e. The van der Waals surface area contributed by atoms with Crippen LogP contribution in [0.5, 0.6) is 0 Å². The highest BCUT2D eigenvalue weighted by Gasteiger charge is 2.32. The lowest BCUT2D eigenvalue weighted by atomic mass is 10.0. The summed E-state index contributed by atoms with van der Waals surface area (Å²) in [6.45, 7) is 11.8. The first-order valence-electron chi connectivity index (χ1n) is 6.44. The second kappa shape index (κ2) is 5.99. The molecule has 1 rings (SSSR count).